The third kappa shape index (κ3) is 4.90. The Labute approximate surface area is 192 Å². The zero-order chi connectivity index (χ0) is 24.3. The molecule has 0 radical (unpaired) electrons. The minimum atomic E-state index is -4.21. The summed E-state index contributed by atoms with van der Waals surface area (Å²) in [5.74, 6) is -2.65. The smallest absolute Gasteiger partial charge is 0.269 e. The molecule has 0 saturated heterocycles. The Balaban J connectivity index is 1.90. The van der Waals surface area contributed by atoms with E-state index in [4.69, 9.17) is 0 Å². The number of rotatable bonds is 8. The first kappa shape index (κ1) is 24.4. The van der Waals surface area contributed by atoms with E-state index >= 15 is 0 Å². The number of benzene rings is 2. The highest BCUT2D eigenvalue weighted by Crippen LogP contribution is 2.30. The number of amides is 3. The van der Waals surface area contributed by atoms with Crippen LogP contribution in [-0.2, 0) is 26.2 Å². The van der Waals surface area contributed by atoms with E-state index in [1.54, 1.807) is 13.0 Å². The fourth-order valence-electron chi connectivity index (χ4n) is 3.46. The summed E-state index contributed by atoms with van der Waals surface area (Å²) in [5, 5.41) is 2.77. The van der Waals surface area contributed by atoms with Gasteiger partial charge >= 0.3 is 0 Å². The quantitative estimate of drug-likeness (QED) is 0.631. The van der Waals surface area contributed by atoms with Gasteiger partial charge in [0.1, 0.15) is 23.3 Å². The molecule has 3 rings (SSSR count). The number of hydrogen-bond acceptors (Lipinski definition) is 5. The zero-order valence-electron chi connectivity index (χ0n) is 18.6. The van der Waals surface area contributed by atoms with Crippen molar-refractivity contribution in [3.63, 3.8) is 0 Å². The van der Waals surface area contributed by atoms with E-state index in [9.17, 15) is 27.2 Å². The number of hydrogen-bond donors (Lipinski definition) is 1. The molecule has 1 aliphatic heterocycles. The minimum Gasteiger partial charge on any atom is -0.352 e. The van der Waals surface area contributed by atoms with Gasteiger partial charge in [-0.05, 0) is 38.5 Å². The van der Waals surface area contributed by atoms with Crippen LogP contribution >= 0.6 is 0 Å². The molecule has 3 amide bonds. The van der Waals surface area contributed by atoms with Crippen LogP contribution in [0.3, 0.4) is 0 Å². The van der Waals surface area contributed by atoms with Gasteiger partial charge in [0.05, 0.1) is 5.56 Å². The standard InChI is InChI=1S/C23H26FN3O5S/c1-4-15(2)25-22(29)16(3)26(13-17-9-5-7-11-19(17)24)21(28)14-27-23(30)18-10-6-8-12-20(18)33(27,31)32/h5-12,15-16H,4,13-14H2,1-3H3,(H,25,29)/t15-,16+/m0/s1. The van der Waals surface area contributed by atoms with Crippen LogP contribution in [0.15, 0.2) is 53.4 Å². The zero-order valence-corrected chi connectivity index (χ0v) is 19.4. The van der Waals surface area contributed by atoms with Gasteiger partial charge < -0.3 is 10.2 Å². The maximum absolute atomic E-state index is 14.3. The summed E-state index contributed by atoms with van der Waals surface area (Å²) in [6.45, 7) is 4.10. The number of carbonyl (C=O) groups is 3. The summed E-state index contributed by atoms with van der Waals surface area (Å²) in [7, 11) is -4.21. The van der Waals surface area contributed by atoms with E-state index in [0.29, 0.717) is 10.7 Å². The molecule has 0 unspecified atom stereocenters. The lowest BCUT2D eigenvalue weighted by Crippen LogP contribution is -2.52. The molecule has 0 spiro atoms. The lowest BCUT2D eigenvalue weighted by molar-refractivity contribution is -0.140. The second kappa shape index (κ2) is 9.70. The molecule has 10 heteroatoms. The Kier molecular flexibility index (Phi) is 7.16. The van der Waals surface area contributed by atoms with Crippen LogP contribution in [0, 0.1) is 5.82 Å². The van der Waals surface area contributed by atoms with Crippen molar-refractivity contribution >= 4 is 27.7 Å². The maximum atomic E-state index is 14.3. The summed E-state index contributed by atoms with van der Waals surface area (Å²) in [5.41, 5.74) is 0.140. The van der Waals surface area contributed by atoms with Crippen LogP contribution in [0.25, 0.3) is 0 Å². The summed E-state index contributed by atoms with van der Waals surface area (Å²) < 4.78 is 40.5. The van der Waals surface area contributed by atoms with Crippen molar-refractivity contribution in [2.75, 3.05) is 6.54 Å². The summed E-state index contributed by atoms with van der Waals surface area (Å²) in [6.07, 6.45) is 0.665. The second-order valence-corrected chi connectivity index (χ2v) is 9.75. The molecule has 1 N–H and O–H groups in total. The highest BCUT2D eigenvalue weighted by Gasteiger charge is 2.43. The Morgan fingerprint density at radius 3 is 2.36 bits per heavy atom. The lowest BCUT2D eigenvalue weighted by Gasteiger charge is -2.31. The van der Waals surface area contributed by atoms with E-state index in [2.05, 4.69) is 5.32 Å². The number of sulfonamides is 1. The van der Waals surface area contributed by atoms with Crippen LogP contribution in [-0.4, -0.2) is 54.0 Å². The molecular formula is C23H26FN3O5S. The van der Waals surface area contributed by atoms with Gasteiger partial charge in [0.15, 0.2) is 0 Å². The van der Waals surface area contributed by atoms with Crippen molar-refractivity contribution in [1.29, 1.82) is 0 Å². The highest BCUT2D eigenvalue weighted by molar-refractivity contribution is 7.90. The van der Waals surface area contributed by atoms with E-state index in [1.807, 2.05) is 6.92 Å². The summed E-state index contributed by atoms with van der Waals surface area (Å²) in [6, 6.07) is 10.3. The van der Waals surface area contributed by atoms with Gasteiger partial charge in [-0.2, -0.15) is 0 Å². The average Bonchev–Trinajstić information content (AvgIpc) is 2.98. The number of nitrogens with one attached hydrogen (secondary N) is 1. The predicted molar refractivity (Wildman–Crippen MR) is 119 cm³/mol. The Bertz CT molecular complexity index is 1180. The van der Waals surface area contributed by atoms with Crippen LogP contribution in [0.4, 0.5) is 4.39 Å². The van der Waals surface area contributed by atoms with Crippen molar-refractivity contribution in [3.8, 4) is 0 Å². The van der Waals surface area contributed by atoms with Gasteiger partial charge in [0, 0.05) is 18.2 Å². The van der Waals surface area contributed by atoms with Crippen LogP contribution < -0.4 is 5.32 Å². The molecule has 33 heavy (non-hydrogen) atoms. The monoisotopic (exact) mass is 475 g/mol. The van der Waals surface area contributed by atoms with E-state index in [-0.39, 0.29) is 28.6 Å². The molecule has 0 bridgehead atoms. The van der Waals surface area contributed by atoms with Gasteiger partial charge in [-0.15, -0.1) is 0 Å². The summed E-state index contributed by atoms with van der Waals surface area (Å²) >= 11 is 0. The largest absolute Gasteiger partial charge is 0.352 e. The topological polar surface area (TPSA) is 104 Å². The summed E-state index contributed by atoms with van der Waals surface area (Å²) in [4.78, 5) is 39.6. The minimum absolute atomic E-state index is 0.0199. The number of nitrogens with zero attached hydrogens (tertiary/aromatic N) is 2. The SMILES string of the molecule is CC[C@H](C)NC(=O)[C@@H](C)N(Cc1ccccc1F)C(=O)CN1C(=O)c2ccccc2S1(=O)=O. The lowest BCUT2D eigenvalue weighted by atomic mass is 10.1. The first-order chi connectivity index (χ1) is 15.6. The van der Waals surface area contributed by atoms with E-state index in [1.165, 1.54) is 49.4 Å². The van der Waals surface area contributed by atoms with Gasteiger partial charge in [0.25, 0.3) is 15.9 Å². The third-order valence-corrected chi connectivity index (χ3v) is 7.44. The number of fused-ring (bicyclic) bond motifs is 1. The molecule has 2 aromatic rings. The fraction of sp³-hybridized carbons (Fsp3) is 0.348. The first-order valence-corrected chi connectivity index (χ1v) is 12.0. The molecule has 176 valence electrons. The van der Waals surface area contributed by atoms with Crippen LogP contribution in [0.1, 0.15) is 43.1 Å². The Morgan fingerprint density at radius 2 is 1.73 bits per heavy atom. The molecule has 0 aliphatic carbocycles. The Morgan fingerprint density at radius 1 is 1.09 bits per heavy atom. The number of carbonyl (C=O) groups excluding carboxylic acids is 3. The van der Waals surface area contributed by atoms with Gasteiger partial charge in [-0.1, -0.05) is 37.3 Å². The molecule has 2 atom stereocenters. The predicted octanol–water partition coefficient (Wildman–Crippen LogP) is 2.30. The maximum Gasteiger partial charge on any atom is 0.269 e. The van der Waals surface area contributed by atoms with E-state index < -0.39 is 46.1 Å². The van der Waals surface area contributed by atoms with Gasteiger partial charge in [-0.3, -0.25) is 14.4 Å². The van der Waals surface area contributed by atoms with Crippen molar-refractivity contribution in [3.05, 3.63) is 65.5 Å². The second-order valence-electron chi connectivity index (χ2n) is 7.92. The highest BCUT2D eigenvalue weighted by atomic mass is 32.2. The molecule has 0 fully saturated rings. The third-order valence-electron chi connectivity index (χ3n) is 5.66. The molecule has 0 saturated carbocycles. The average molecular weight is 476 g/mol. The van der Waals surface area contributed by atoms with Crippen LogP contribution in [0.5, 0.6) is 0 Å². The first-order valence-electron chi connectivity index (χ1n) is 10.6. The Hall–Kier alpha value is -3.27. The van der Waals surface area contributed by atoms with Crippen molar-refractivity contribution in [1.82, 2.24) is 14.5 Å². The van der Waals surface area contributed by atoms with Crippen molar-refractivity contribution < 1.29 is 27.2 Å². The molecular weight excluding hydrogens is 449 g/mol. The van der Waals surface area contributed by atoms with Crippen LogP contribution in [0.2, 0.25) is 0 Å². The van der Waals surface area contributed by atoms with Gasteiger partial charge in [0.2, 0.25) is 11.8 Å². The fourth-order valence-corrected chi connectivity index (χ4v) is 4.98. The van der Waals surface area contributed by atoms with Crippen molar-refractivity contribution in [2.24, 2.45) is 0 Å². The van der Waals surface area contributed by atoms with E-state index in [0.717, 1.165) is 4.90 Å². The van der Waals surface area contributed by atoms with Gasteiger partial charge in [-0.25, -0.2) is 17.1 Å². The molecule has 1 heterocycles. The van der Waals surface area contributed by atoms with Crippen molar-refractivity contribution in [2.45, 2.75) is 50.7 Å². The molecule has 0 aromatic heterocycles. The molecule has 2 aromatic carbocycles. The molecule has 1 aliphatic rings. The molecule has 8 nitrogen and oxygen atoms in total. The number of halogens is 1. The normalized spacial score (nSPS) is 16.1.